The quantitative estimate of drug-likeness (QED) is 0.770. The Morgan fingerprint density at radius 2 is 1.82 bits per heavy atom. The average molecular weight is 241 g/mol. The van der Waals surface area contributed by atoms with Crippen molar-refractivity contribution in [3.63, 3.8) is 0 Å². The molecule has 0 saturated carbocycles. The molecule has 1 aromatic rings. The molecule has 0 atom stereocenters. The second-order valence-corrected chi connectivity index (χ2v) is 3.77. The largest absolute Gasteiger partial charge is 0.493 e. The molecule has 5 nitrogen and oxygen atoms in total. The third-order valence-electron chi connectivity index (χ3n) is 2.17. The van der Waals surface area contributed by atoms with Crippen LogP contribution in [0.15, 0.2) is 12.1 Å². The van der Waals surface area contributed by atoms with Gasteiger partial charge in [-0.25, -0.2) is 5.90 Å². The number of benzene rings is 1. The van der Waals surface area contributed by atoms with Crippen LogP contribution < -0.4 is 20.1 Å². The molecule has 0 radical (unpaired) electrons. The van der Waals surface area contributed by atoms with Crippen molar-refractivity contribution in [2.24, 2.45) is 5.90 Å². The second-order valence-electron chi connectivity index (χ2n) is 3.77. The average Bonchev–Trinajstić information content (AvgIpc) is 2.30. The maximum Gasteiger partial charge on any atom is 0.203 e. The molecule has 0 bridgehead atoms. The molecule has 0 aromatic heterocycles. The van der Waals surface area contributed by atoms with Crippen LogP contribution in [-0.4, -0.2) is 20.3 Å². The highest BCUT2D eigenvalue weighted by Gasteiger charge is 2.17. The fraction of sp³-hybridized carbons (Fsp3) is 0.500. The third kappa shape index (κ3) is 3.25. The highest BCUT2D eigenvalue weighted by Crippen LogP contribution is 2.40. The van der Waals surface area contributed by atoms with Gasteiger partial charge in [0.25, 0.3) is 0 Å². The zero-order valence-electron chi connectivity index (χ0n) is 10.6. The van der Waals surface area contributed by atoms with Gasteiger partial charge in [-0.2, -0.15) is 0 Å². The van der Waals surface area contributed by atoms with E-state index in [-0.39, 0.29) is 12.7 Å². The Kier molecular flexibility index (Phi) is 5.06. The lowest BCUT2D eigenvalue weighted by atomic mass is 10.1. The highest BCUT2D eigenvalue weighted by molar-refractivity contribution is 5.55. The van der Waals surface area contributed by atoms with Crippen LogP contribution in [-0.2, 0) is 11.4 Å². The Hall–Kier alpha value is -1.46. The zero-order valence-corrected chi connectivity index (χ0v) is 10.6. The third-order valence-corrected chi connectivity index (χ3v) is 2.17. The lowest BCUT2D eigenvalue weighted by Gasteiger charge is -2.18. The van der Waals surface area contributed by atoms with Crippen molar-refractivity contribution in [1.29, 1.82) is 0 Å². The minimum absolute atomic E-state index is 0.0209. The van der Waals surface area contributed by atoms with Crippen molar-refractivity contribution in [3.05, 3.63) is 17.7 Å². The Bertz CT molecular complexity index is 366. The highest BCUT2D eigenvalue weighted by atomic mass is 16.6. The summed E-state index contributed by atoms with van der Waals surface area (Å²) in [5.74, 6) is 6.87. The molecule has 0 aliphatic heterocycles. The van der Waals surface area contributed by atoms with E-state index in [0.29, 0.717) is 17.2 Å². The minimum atomic E-state index is 0.0209. The Balaban J connectivity index is 3.22. The Morgan fingerprint density at radius 1 is 1.12 bits per heavy atom. The van der Waals surface area contributed by atoms with Crippen LogP contribution in [0.4, 0.5) is 0 Å². The van der Waals surface area contributed by atoms with Crippen LogP contribution in [0.25, 0.3) is 0 Å². The maximum absolute atomic E-state index is 5.72. The topological polar surface area (TPSA) is 62.9 Å². The molecule has 2 N–H and O–H groups in total. The fourth-order valence-electron chi connectivity index (χ4n) is 1.51. The van der Waals surface area contributed by atoms with Gasteiger partial charge in [0.15, 0.2) is 11.5 Å². The van der Waals surface area contributed by atoms with E-state index in [2.05, 4.69) is 4.84 Å². The predicted octanol–water partition coefficient (Wildman–Crippen LogP) is 1.88. The molecule has 0 aliphatic rings. The van der Waals surface area contributed by atoms with Gasteiger partial charge in [0.05, 0.1) is 26.9 Å². The lowest BCUT2D eigenvalue weighted by molar-refractivity contribution is 0.118. The monoisotopic (exact) mass is 241 g/mol. The van der Waals surface area contributed by atoms with Gasteiger partial charge >= 0.3 is 0 Å². The molecule has 1 aromatic carbocycles. The van der Waals surface area contributed by atoms with Crippen molar-refractivity contribution in [3.8, 4) is 17.2 Å². The molecule has 0 amide bonds. The number of nitrogens with two attached hydrogens (primary N) is 1. The standard InChI is InChI=1S/C12H19NO4/c1-8(2)17-11-9(7-16-13)5-6-10(14-3)12(11)15-4/h5-6,8H,7,13H2,1-4H3. The molecule has 0 fully saturated rings. The summed E-state index contributed by atoms with van der Waals surface area (Å²) in [5.41, 5.74) is 0.818. The summed E-state index contributed by atoms with van der Waals surface area (Å²) in [6.45, 7) is 4.13. The van der Waals surface area contributed by atoms with E-state index >= 15 is 0 Å². The first-order valence-corrected chi connectivity index (χ1v) is 5.36. The Labute approximate surface area is 101 Å². The van der Waals surface area contributed by atoms with E-state index in [1.165, 1.54) is 0 Å². The molecule has 0 spiro atoms. The van der Waals surface area contributed by atoms with Crippen LogP contribution >= 0.6 is 0 Å². The van der Waals surface area contributed by atoms with E-state index in [1.54, 1.807) is 20.3 Å². The van der Waals surface area contributed by atoms with Gasteiger partial charge < -0.3 is 14.2 Å². The second kappa shape index (κ2) is 6.32. The van der Waals surface area contributed by atoms with Gasteiger partial charge in [-0.15, -0.1) is 0 Å². The lowest BCUT2D eigenvalue weighted by Crippen LogP contribution is -2.11. The van der Waals surface area contributed by atoms with E-state index in [9.17, 15) is 0 Å². The van der Waals surface area contributed by atoms with Crippen molar-refractivity contribution in [2.45, 2.75) is 26.6 Å². The fourth-order valence-corrected chi connectivity index (χ4v) is 1.51. The predicted molar refractivity (Wildman–Crippen MR) is 64.3 cm³/mol. The van der Waals surface area contributed by atoms with E-state index in [0.717, 1.165) is 5.56 Å². The van der Waals surface area contributed by atoms with E-state index in [1.807, 2.05) is 19.9 Å². The summed E-state index contributed by atoms with van der Waals surface area (Å²) in [5, 5.41) is 0. The van der Waals surface area contributed by atoms with Crippen LogP contribution in [0.1, 0.15) is 19.4 Å². The van der Waals surface area contributed by atoms with Crippen molar-refractivity contribution < 1.29 is 19.0 Å². The smallest absolute Gasteiger partial charge is 0.203 e. The van der Waals surface area contributed by atoms with Gasteiger partial charge in [-0.05, 0) is 26.0 Å². The molecular weight excluding hydrogens is 222 g/mol. The van der Waals surface area contributed by atoms with Gasteiger partial charge in [-0.3, -0.25) is 4.84 Å². The number of rotatable bonds is 6. The minimum Gasteiger partial charge on any atom is -0.493 e. The summed E-state index contributed by atoms with van der Waals surface area (Å²) >= 11 is 0. The van der Waals surface area contributed by atoms with Crippen LogP contribution in [0.2, 0.25) is 0 Å². The van der Waals surface area contributed by atoms with Crippen molar-refractivity contribution in [1.82, 2.24) is 0 Å². The van der Waals surface area contributed by atoms with Crippen LogP contribution in [0.3, 0.4) is 0 Å². The molecular formula is C12H19NO4. The Morgan fingerprint density at radius 3 is 2.29 bits per heavy atom. The normalized spacial score (nSPS) is 10.5. The number of methoxy groups -OCH3 is 2. The molecule has 0 saturated heterocycles. The van der Waals surface area contributed by atoms with Crippen molar-refractivity contribution >= 4 is 0 Å². The van der Waals surface area contributed by atoms with E-state index < -0.39 is 0 Å². The maximum atomic E-state index is 5.72. The molecule has 0 heterocycles. The van der Waals surface area contributed by atoms with Gasteiger partial charge in [0.1, 0.15) is 0 Å². The number of hydrogen-bond acceptors (Lipinski definition) is 5. The summed E-state index contributed by atoms with van der Waals surface area (Å²) in [6.07, 6.45) is 0.0209. The zero-order chi connectivity index (χ0) is 12.8. The van der Waals surface area contributed by atoms with Crippen molar-refractivity contribution in [2.75, 3.05) is 14.2 Å². The summed E-state index contributed by atoms with van der Waals surface area (Å²) in [7, 11) is 3.15. The van der Waals surface area contributed by atoms with Crippen LogP contribution in [0, 0.1) is 0 Å². The number of hydrogen-bond donors (Lipinski definition) is 1. The summed E-state index contributed by atoms with van der Waals surface area (Å²) in [4.78, 5) is 4.65. The molecule has 5 heteroatoms. The van der Waals surface area contributed by atoms with Gasteiger partial charge in [0.2, 0.25) is 5.75 Å². The summed E-state index contributed by atoms with van der Waals surface area (Å²) < 4.78 is 16.2. The first kappa shape index (κ1) is 13.6. The molecule has 1 rings (SSSR count). The first-order valence-electron chi connectivity index (χ1n) is 5.36. The van der Waals surface area contributed by atoms with Crippen LogP contribution in [0.5, 0.6) is 17.2 Å². The molecule has 96 valence electrons. The van der Waals surface area contributed by atoms with Gasteiger partial charge in [0, 0.05) is 5.56 Å². The van der Waals surface area contributed by atoms with E-state index in [4.69, 9.17) is 20.1 Å². The summed E-state index contributed by atoms with van der Waals surface area (Å²) in [6, 6.07) is 3.63. The molecule has 0 aliphatic carbocycles. The van der Waals surface area contributed by atoms with Gasteiger partial charge in [-0.1, -0.05) is 0 Å². The molecule has 0 unspecified atom stereocenters. The SMILES string of the molecule is COc1ccc(CON)c(OC(C)C)c1OC. The molecule has 17 heavy (non-hydrogen) atoms. The first-order chi connectivity index (χ1) is 8.13. The number of ether oxygens (including phenoxy) is 3.